The third kappa shape index (κ3) is 2.88. The van der Waals surface area contributed by atoms with Crippen LogP contribution >= 0.6 is 45.5 Å². The van der Waals surface area contributed by atoms with Crippen LogP contribution in [0.4, 0.5) is 0 Å². The van der Waals surface area contributed by atoms with Crippen LogP contribution in [0.15, 0.2) is 12.1 Å². The van der Waals surface area contributed by atoms with Gasteiger partial charge in [0.2, 0.25) is 0 Å². The van der Waals surface area contributed by atoms with Crippen LogP contribution in [0, 0.1) is 3.57 Å². The Balaban J connectivity index is 2.03. The summed E-state index contributed by atoms with van der Waals surface area (Å²) in [5.41, 5.74) is 1.16. The molecule has 1 fully saturated rings. The van der Waals surface area contributed by atoms with Crippen LogP contribution < -0.4 is 0 Å². The molecule has 2 aromatic heterocycles. The highest BCUT2D eigenvalue weighted by Gasteiger charge is 2.24. The van der Waals surface area contributed by atoms with Crippen LogP contribution in [0.3, 0.4) is 0 Å². The molecule has 1 saturated carbocycles. The Morgan fingerprint density at radius 1 is 1.30 bits per heavy atom. The van der Waals surface area contributed by atoms with E-state index in [1.165, 1.54) is 30.6 Å². The molecule has 0 saturated heterocycles. The van der Waals surface area contributed by atoms with Crippen LogP contribution in [-0.4, -0.2) is 9.97 Å². The van der Waals surface area contributed by atoms with Gasteiger partial charge in [-0.25, -0.2) is 9.97 Å². The van der Waals surface area contributed by atoms with Gasteiger partial charge in [0.25, 0.3) is 0 Å². The summed E-state index contributed by atoms with van der Waals surface area (Å²) in [7, 11) is 0. The first-order valence-corrected chi connectivity index (χ1v) is 9.28. The molecule has 2 nitrogen and oxygen atoms in total. The van der Waals surface area contributed by atoms with Crippen molar-refractivity contribution < 1.29 is 0 Å². The lowest BCUT2D eigenvalue weighted by Crippen LogP contribution is -2.04. The number of halogens is 2. The van der Waals surface area contributed by atoms with E-state index < -0.39 is 0 Å². The first-order valence-electron chi connectivity index (χ1n) is 7.01. The minimum atomic E-state index is 0.562. The molecule has 106 valence electrons. The van der Waals surface area contributed by atoms with Crippen molar-refractivity contribution in [3.63, 3.8) is 0 Å². The summed E-state index contributed by atoms with van der Waals surface area (Å²) in [4.78, 5) is 11.8. The van der Waals surface area contributed by atoms with Crippen LogP contribution in [0.1, 0.15) is 49.1 Å². The second kappa shape index (κ2) is 6.28. The highest BCUT2D eigenvalue weighted by Crippen LogP contribution is 2.38. The largest absolute Gasteiger partial charge is 0.231 e. The van der Waals surface area contributed by atoms with Crippen LogP contribution in [0.25, 0.3) is 10.7 Å². The fraction of sp³-hybridized carbons (Fsp3) is 0.467. The van der Waals surface area contributed by atoms with Gasteiger partial charge in [0.15, 0.2) is 5.82 Å². The summed E-state index contributed by atoms with van der Waals surface area (Å²) < 4.78 is 1.03. The molecule has 0 bridgehead atoms. The minimum Gasteiger partial charge on any atom is -0.231 e. The van der Waals surface area contributed by atoms with Crippen molar-refractivity contribution >= 4 is 45.5 Å². The average molecular weight is 419 g/mol. The number of rotatable bonds is 3. The lowest BCUT2D eigenvalue weighted by atomic mass is 10.0. The molecule has 0 amide bonds. The smallest absolute Gasteiger partial charge is 0.171 e. The first kappa shape index (κ1) is 14.7. The van der Waals surface area contributed by atoms with Gasteiger partial charge in [-0.05, 0) is 54.0 Å². The first-order chi connectivity index (χ1) is 9.69. The lowest BCUT2D eigenvalue weighted by Gasteiger charge is -2.12. The molecule has 2 heterocycles. The normalized spacial score (nSPS) is 15.9. The van der Waals surface area contributed by atoms with Gasteiger partial charge in [-0.3, -0.25) is 0 Å². The zero-order chi connectivity index (χ0) is 14.1. The van der Waals surface area contributed by atoms with E-state index in [1.54, 1.807) is 11.3 Å². The number of nitrogens with zero attached hydrogens (tertiary/aromatic N) is 2. The van der Waals surface area contributed by atoms with Crippen molar-refractivity contribution in [3.8, 4) is 10.7 Å². The van der Waals surface area contributed by atoms with E-state index in [2.05, 4.69) is 46.6 Å². The molecule has 0 unspecified atom stereocenters. The van der Waals surface area contributed by atoms with Gasteiger partial charge >= 0.3 is 0 Å². The second-order valence-corrected chi connectivity index (χ2v) is 7.74. The molecule has 0 aromatic carbocycles. The lowest BCUT2D eigenvalue weighted by molar-refractivity contribution is 0.690. The Kier molecular flexibility index (Phi) is 4.62. The molecule has 1 aliphatic rings. The second-order valence-electron chi connectivity index (χ2n) is 5.14. The standard InChI is InChI=1S/C15H16ClIN2S/c1-2-10-7-8-11(20-10)15-18-13(9-5-3-4-6-9)12(17)14(16)19-15/h7-9H,2-6H2,1H3. The van der Waals surface area contributed by atoms with Crippen molar-refractivity contribution in [2.45, 2.75) is 44.9 Å². The van der Waals surface area contributed by atoms with Crippen LogP contribution in [-0.2, 0) is 6.42 Å². The summed E-state index contributed by atoms with van der Waals surface area (Å²) in [5, 5.41) is 0.601. The van der Waals surface area contributed by atoms with Crippen molar-refractivity contribution in [2.24, 2.45) is 0 Å². The summed E-state index contributed by atoms with van der Waals surface area (Å²) >= 11 is 10.4. The predicted octanol–water partition coefficient (Wildman–Crippen LogP) is 5.68. The van der Waals surface area contributed by atoms with Gasteiger partial charge in [0.05, 0.1) is 14.1 Å². The highest BCUT2D eigenvalue weighted by molar-refractivity contribution is 14.1. The van der Waals surface area contributed by atoms with Gasteiger partial charge in [-0.1, -0.05) is 31.4 Å². The van der Waals surface area contributed by atoms with Gasteiger partial charge in [0, 0.05) is 10.8 Å². The van der Waals surface area contributed by atoms with E-state index in [1.807, 2.05) is 0 Å². The minimum absolute atomic E-state index is 0.562. The van der Waals surface area contributed by atoms with E-state index in [0.29, 0.717) is 11.1 Å². The number of thiophene rings is 1. The van der Waals surface area contributed by atoms with Crippen molar-refractivity contribution in [1.29, 1.82) is 0 Å². The molecule has 0 spiro atoms. The molecule has 2 aromatic rings. The fourth-order valence-corrected chi connectivity index (χ4v) is 4.44. The Morgan fingerprint density at radius 2 is 2.05 bits per heavy atom. The summed E-state index contributed by atoms with van der Waals surface area (Å²) in [6.45, 7) is 2.17. The summed E-state index contributed by atoms with van der Waals surface area (Å²) in [5.74, 6) is 1.36. The molecule has 3 rings (SSSR count). The van der Waals surface area contributed by atoms with E-state index >= 15 is 0 Å². The number of hydrogen-bond acceptors (Lipinski definition) is 3. The number of hydrogen-bond donors (Lipinski definition) is 0. The van der Waals surface area contributed by atoms with E-state index in [-0.39, 0.29) is 0 Å². The van der Waals surface area contributed by atoms with Crippen molar-refractivity contribution in [2.75, 3.05) is 0 Å². The van der Waals surface area contributed by atoms with Gasteiger partial charge in [0.1, 0.15) is 5.15 Å². The quantitative estimate of drug-likeness (QED) is 0.473. The van der Waals surface area contributed by atoms with Gasteiger partial charge in [-0.15, -0.1) is 11.3 Å². The number of aryl methyl sites for hydroxylation is 1. The van der Waals surface area contributed by atoms with Crippen LogP contribution in [0.5, 0.6) is 0 Å². The zero-order valence-electron chi connectivity index (χ0n) is 11.3. The Bertz CT molecular complexity index is 620. The molecule has 0 radical (unpaired) electrons. The third-order valence-corrected chi connectivity index (χ3v) is 6.69. The maximum absolute atomic E-state index is 6.33. The van der Waals surface area contributed by atoms with Gasteiger partial charge < -0.3 is 0 Å². The van der Waals surface area contributed by atoms with E-state index in [0.717, 1.165) is 26.4 Å². The Hall–Kier alpha value is -0.200. The fourth-order valence-electron chi connectivity index (χ4n) is 2.70. The third-order valence-electron chi connectivity index (χ3n) is 3.81. The van der Waals surface area contributed by atoms with Crippen LogP contribution in [0.2, 0.25) is 5.15 Å². The van der Waals surface area contributed by atoms with Crippen molar-refractivity contribution in [3.05, 3.63) is 31.4 Å². The Morgan fingerprint density at radius 3 is 2.70 bits per heavy atom. The highest BCUT2D eigenvalue weighted by atomic mass is 127. The molecule has 5 heteroatoms. The van der Waals surface area contributed by atoms with E-state index in [4.69, 9.17) is 16.6 Å². The topological polar surface area (TPSA) is 25.8 Å². The summed E-state index contributed by atoms with van der Waals surface area (Å²) in [6.07, 6.45) is 6.12. The number of aromatic nitrogens is 2. The summed E-state index contributed by atoms with van der Waals surface area (Å²) in [6, 6.07) is 4.27. The average Bonchev–Trinajstić information content (AvgIpc) is 3.11. The molecule has 0 N–H and O–H groups in total. The maximum Gasteiger partial charge on any atom is 0.171 e. The van der Waals surface area contributed by atoms with Crippen molar-refractivity contribution in [1.82, 2.24) is 9.97 Å². The monoisotopic (exact) mass is 418 g/mol. The van der Waals surface area contributed by atoms with Gasteiger partial charge in [-0.2, -0.15) is 0 Å². The zero-order valence-corrected chi connectivity index (χ0v) is 15.1. The molecule has 20 heavy (non-hydrogen) atoms. The molecule has 0 atom stereocenters. The molecular formula is C15H16ClIN2S. The maximum atomic E-state index is 6.33. The molecular weight excluding hydrogens is 403 g/mol. The molecule has 1 aliphatic carbocycles. The Labute approximate surface area is 142 Å². The van der Waals surface area contributed by atoms with E-state index in [9.17, 15) is 0 Å². The predicted molar refractivity (Wildman–Crippen MR) is 93.7 cm³/mol. The molecule has 0 aliphatic heterocycles. The SMILES string of the molecule is CCc1ccc(-c2nc(Cl)c(I)c(C3CCCC3)n2)s1.